The van der Waals surface area contributed by atoms with E-state index in [1.165, 1.54) is 0 Å². The average molecular weight is 249 g/mol. The molecule has 4 heteroatoms. The van der Waals surface area contributed by atoms with E-state index in [-0.39, 0.29) is 5.75 Å². The molecule has 1 N–H and O–H groups in total. The molecule has 4 nitrogen and oxygen atoms in total. The first kappa shape index (κ1) is 11.3. The van der Waals surface area contributed by atoms with Crippen LogP contribution in [0.15, 0.2) is 71.0 Å². The van der Waals surface area contributed by atoms with Crippen molar-refractivity contribution in [2.45, 2.75) is 0 Å². The highest BCUT2D eigenvalue weighted by Crippen LogP contribution is 2.31. The number of aromatic hydroxyl groups is 1. The van der Waals surface area contributed by atoms with Crippen LogP contribution in [0.3, 0.4) is 0 Å². The van der Waals surface area contributed by atoms with Gasteiger partial charge in [-0.05, 0) is 36.4 Å². The molecule has 0 saturated heterocycles. The topological polar surface area (TPSA) is 57.8 Å². The van der Waals surface area contributed by atoms with Crippen LogP contribution >= 0.6 is 0 Å². The molecule has 92 valence electrons. The predicted octanol–water partition coefficient (Wildman–Crippen LogP) is 4.36. The zero-order chi connectivity index (χ0) is 13.1. The maximum Gasteiger partial charge on any atom is 0.141 e. The number of nitrogens with zero attached hydrogens (tertiary/aromatic N) is 3. The molecule has 3 rings (SSSR count). The van der Waals surface area contributed by atoms with Gasteiger partial charge in [0.05, 0.1) is 11.4 Å². The third kappa shape index (κ3) is 2.28. The van der Waals surface area contributed by atoms with Crippen LogP contribution in [0.5, 0.6) is 5.75 Å². The second-order valence-corrected chi connectivity index (χ2v) is 4.04. The van der Waals surface area contributed by atoms with Crippen LogP contribution in [-0.2, 0) is 0 Å². The Morgan fingerprint density at radius 3 is 2.53 bits per heavy atom. The van der Waals surface area contributed by atoms with Crippen molar-refractivity contribution in [1.82, 2.24) is 4.98 Å². The van der Waals surface area contributed by atoms with Gasteiger partial charge in [0.25, 0.3) is 0 Å². The van der Waals surface area contributed by atoms with E-state index in [0.717, 1.165) is 11.1 Å². The second-order valence-electron chi connectivity index (χ2n) is 4.04. The van der Waals surface area contributed by atoms with E-state index in [0.29, 0.717) is 11.2 Å². The van der Waals surface area contributed by atoms with Gasteiger partial charge < -0.3 is 5.11 Å². The Kier molecular flexibility index (Phi) is 2.90. The van der Waals surface area contributed by atoms with E-state index >= 15 is 0 Å². The maximum absolute atomic E-state index is 9.75. The summed E-state index contributed by atoms with van der Waals surface area (Å²) < 4.78 is 0. The predicted molar refractivity (Wildman–Crippen MR) is 74.0 cm³/mol. The van der Waals surface area contributed by atoms with Gasteiger partial charge in [-0.1, -0.05) is 18.2 Å². The molecular formula is C15H11N3O. The minimum absolute atomic E-state index is 0.147. The fourth-order valence-electron chi connectivity index (χ4n) is 1.84. The Labute approximate surface area is 110 Å². The highest BCUT2D eigenvalue weighted by atomic mass is 16.3. The van der Waals surface area contributed by atoms with Crippen molar-refractivity contribution in [1.29, 1.82) is 0 Å². The van der Waals surface area contributed by atoms with Crippen LogP contribution in [-0.4, -0.2) is 10.1 Å². The van der Waals surface area contributed by atoms with Gasteiger partial charge in [-0.25, -0.2) is 0 Å². The Bertz CT molecular complexity index is 739. The summed E-state index contributed by atoms with van der Waals surface area (Å²) >= 11 is 0. The molecule has 0 aliphatic heterocycles. The van der Waals surface area contributed by atoms with E-state index in [4.69, 9.17) is 0 Å². The normalized spacial score (nSPS) is 11.2. The quantitative estimate of drug-likeness (QED) is 0.686. The number of azo groups is 1. The highest BCUT2D eigenvalue weighted by Gasteiger charge is 2.04. The SMILES string of the molecule is Oc1ccc(N=Nc2ccccc2)c2cccnc12. The molecular weight excluding hydrogens is 238 g/mol. The molecule has 0 aliphatic carbocycles. The molecule has 0 aliphatic rings. The maximum atomic E-state index is 9.75. The number of hydrogen-bond donors (Lipinski definition) is 1. The molecule has 0 fully saturated rings. The lowest BCUT2D eigenvalue weighted by Crippen LogP contribution is -1.79. The van der Waals surface area contributed by atoms with Crippen LogP contribution in [0, 0.1) is 0 Å². The van der Waals surface area contributed by atoms with Crippen LogP contribution in [0.1, 0.15) is 0 Å². The van der Waals surface area contributed by atoms with Crippen molar-refractivity contribution in [2.75, 3.05) is 0 Å². The molecule has 0 saturated carbocycles. The molecule has 0 amide bonds. The summed E-state index contributed by atoms with van der Waals surface area (Å²) in [6.07, 6.45) is 1.64. The van der Waals surface area contributed by atoms with E-state index in [1.807, 2.05) is 42.5 Å². The van der Waals surface area contributed by atoms with Crippen LogP contribution < -0.4 is 0 Å². The fourth-order valence-corrected chi connectivity index (χ4v) is 1.84. The molecule has 1 heterocycles. The smallest absolute Gasteiger partial charge is 0.141 e. The lowest BCUT2D eigenvalue weighted by Gasteiger charge is -2.02. The minimum Gasteiger partial charge on any atom is -0.506 e. The Hall–Kier alpha value is -2.75. The molecule has 0 radical (unpaired) electrons. The van der Waals surface area contributed by atoms with Gasteiger partial charge in [0.1, 0.15) is 11.3 Å². The van der Waals surface area contributed by atoms with E-state index in [9.17, 15) is 5.11 Å². The summed E-state index contributed by atoms with van der Waals surface area (Å²) in [4.78, 5) is 4.14. The first-order valence-electron chi connectivity index (χ1n) is 5.88. The Balaban J connectivity index is 2.07. The van der Waals surface area contributed by atoms with Gasteiger partial charge in [0, 0.05) is 11.6 Å². The number of aromatic nitrogens is 1. The summed E-state index contributed by atoms with van der Waals surface area (Å²) in [7, 11) is 0. The summed E-state index contributed by atoms with van der Waals surface area (Å²) in [5.74, 6) is 0.147. The van der Waals surface area contributed by atoms with Crippen LogP contribution in [0.2, 0.25) is 0 Å². The Morgan fingerprint density at radius 1 is 0.842 bits per heavy atom. The monoisotopic (exact) mass is 249 g/mol. The number of rotatable bonds is 2. The number of benzene rings is 2. The Morgan fingerprint density at radius 2 is 1.68 bits per heavy atom. The largest absolute Gasteiger partial charge is 0.506 e. The first-order valence-corrected chi connectivity index (χ1v) is 5.88. The van der Waals surface area contributed by atoms with Crippen molar-refractivity contribution in [3.63, 3.8) is 0 Å². The molecule has 2 aromatic carbocycles. The van der Waals surface area contributed by atoms with Gasteiger partial charge in [-0.2, -0.15) is 5.11 Å². The summed E-state index contributed by atoms with van der Waals surface area (Å²) in [6, 6.07) is 16.5. The number of phenols is 1. The second kappa shape index (κ2) is 4.86. The zero-order valence-corrected chi connectivity index (χ0v) is 10.1. The molecule has 0 spiro atoms. The first-order chi connectivity index (χ1) is 9.34. The number of pyridine rings is 1. The third-order valence-corrected chi connectivity index (χ3v) is 2.75. The molecule has 0 bridgehead atoms. The number of hydrogen-bond acceptors (Lipinski definition) is 4. The average Bonchev–Trinajstić information content (AvgIpc) is 2.48. The van der Waals surface area contributed by atoms with Crippen molar-refractivity contribution in [3.05, 3.63) is 60.8 Å². The lowest BCUT2D eigenvalue weighted by molar-refractivity contribution is 0.480. The van der Waals surface area contributed by atoms with Crippen molar-refractivity contribution in [3.8, 4) is 5.75 Å². The van der Waals surface area contributed by atoms with Crippen molar-refractivity contribution < 1.29 is 5.11 Å². The molecule has 1 aromatic heterocycles. The number of fused-ring (bicyclic) bond motifs is 1. The number of phenolic OH excluding ortho intramolecular Hbond substituents is 1. The van der Waals surface area contributed by atoms with E-state index in [2.05, 4.69) is 15.2 Å². The van der Waals surface area contributed by atoms with Crippen molar-refractivity contribution >= 4 is 22.3 Å². The fraction of sp³-hybridized carbons (Fsp3) is 0. The third-order valence-electron chi connectivity index (χ3n) is 2.75. The van der Waals surface area contributed by atoms with Gasteiger partial charge >= 0.3 is 0 Å². The van der Waals surface area contributed by atoms with Crippen LogP contribution in [0.25, 0.3) is 10.9 Å². The summed E-state index contributed by atoms with van der Waals surface area (Å²) in [6.45, 7) is 0. The minimum atomic E-state index is 0.147. The summed E-state index contributed by atoms with van der Waals surface area (Å²) in [5.41, 5.74) is 2.00. The standard InChI is InChI=1S/C15H11N3O/c19-14-9-8-13(12-7-4-10-16-15(12)14)18-17-11-5-2-1-3-6-11/h1-10,19H. The molecule has 19 heavy (non-hydrogen) atoms. The van der Waals surface area contributed by atoms with Gasteiger partial charge in [0.2, 0.25) is 0 Å². The molecule has 0 unspecified atom stereocenters. The van der Waals surface area contributed by atoms with Crippen LogP contribution in [0.4, 0.5) is 11.4 Å². The van der Waals surface area contributed by atoms with Crippen molar-refractivity contribution in [2.24, 2.45) is 10.2 Å². The van der Waals surface area contributed by atoms with E-state index in [1.54, 1.807) is 18.3 Å². The van der Waals surface area contributed by atoms with E-state index < -0.39 is 0 Å². The van der Waals surface area contributed by atoms with Gasteiger partial charge in [0.15, 0.2) is 0 Å². The highest BCUT2D eigenvalue weighted by molar-refractivity contribution is 5.93. The van der Waals surface area contributed by atoms with Gasteiger partial charge in [-0.3, -0.25) is 4.98 Å². The molecule has 0 atom stereocenters. The zero-order valence-electron chi connectivity index (χ0n) is 10.1. The van der Waals surface area contributed by atoms with Gasteiger partial charge in [-0.15, -0.1) is 5.11 Å². The lowest BCUT2D eigenvalue weighted by atomic mass is 10.2. The molecule has 3 aromatic rings. The summed E-state index contributed by atoms with van der Waals surface area (Å²) in [5, 5.41) is 18.9.